The van der Waals surface area contributed by atoms with E-state index in [1.165, 1.54) is 0 Å². The first kappa shape index (κ1) is 15.7. The van der Waals surface area contributed by atoms with E-state index in [1.54, 1.807) is 0 Å². The summed E-state index contributed by atoms with van der Waals surface area (Å²) in [5, 5.41) is 0. The summed E-state index contributed by atoms with van der Waals surface area (Å²) < 4.78 is 4.83. The predicted molar refractivity (Wildman–Crippen MR) is 32.4 cm³/mol. The standard InChI is InChI=1S/C4H10O.Al.Li.4H/c1-3-5-4-2;;;;;;/h3-4H2,1-2H3;;;;;;/q;+3;+1;4*-1. The molecule has 0 aromatic rings. The summed E-state index contributed by atoms with van der Waals surface area (Å²) in [4.78, 5) is 0. The third kappa shape index (κ3) is 19.2. The van der Waals surface area contributed by atoms with Crippen molar-refractivity contribution in [2.75, 3.05) is 13.2 Å². The Morgan fingerprint density at radius 2 is 1.57 bits per heavy atom. The number of ether oxygens (including phenoxy) is 1. The molecule has 0 spiro atoms. The van der Waals surface area contributed by atoms with Crippen molar-refractivity contribution in [1.29, 1.82) is 0 Å². The average Bonchev–Trinajstić information content (AvgIpc) is 1.41. The molecule has 0 aromatic heterocycles. The Bertz CT molecular complexity index is 29.6. The van der Waals surface area contributed by atoms with Crippen LogP contribution in [-0.2, 0) is 4.74 Å². The molecule has 40 valence electrons. The van der Waals surface area contributed by atoms with Gasteiger partial charge >= 0.3 is 36.2 Å². The van der Waals surface area contributed by atoms with Gasteiger partial charge in [-0.15, -0.1) is 0 Å². The van der Waals surface area contributed by atoms with Crippen molar-refractivity contribution in [1.82, 2.24) is 0 Å². The summed E-state index contributed by atoms with van der Waals surface area (Å²) in [6.45, 7) is 5.67. The SMILES string of the molecule is CCOCC.[Al+3].[H-].[H-].[H-].[H-].[Li+]. The fourth-order valence-corrected chi connectivity index (χ4v) is 0.204. The van der Waals surface area contributed by atoms with Gasteiger partial charge in [0.25, 0.3) is 0 Å². The van der Waals surface area contributed by atoms with Crippen LogP contribution in [0.15, 0.2) is 0 Å². The molecule has 0 aliphatic carbocycles. The van der Waals surface area contributed by atoms with Gasteiger partial charge in [-0.05, 0) is 13.8 Å². The quantitative estimate of drug-likeness (QED) is 0.380. The predicted octanol–water partition coefficient (Wildman–Crippen LogP) is -1.88. The van der Waals surface area contributed by atoms with E-state index in [2.05, 4.69) is 0 Å². The van der Waals surface area contributed by atoms with E-state index in [0.29, 0.717) is 0 Å². The number of hydrogen-bond donors (Lipinski definition) is 0. The van der Waals surface area contributed by atoms with Crippen LogP contribution >= 0.6 is 0 Å². The topological polar surface area (TPSA) is 9.23 Å². The molecule has 0 unspecified atom stereocenters. The molecule has 1 nitrogen and oxygen atoms in total. The Morgan fingerprint density at radius 1 is 1.29 bits per heavy atom. The summed E-state index contributed by atoms with van der Waals surface area (Å²) in [6, 6.07) is 0. The Morgan fingerprint density at radius 3 is 1.57 bits per heavy atom. The van der Waals surface area contributed by atoms with Gasteiger partial charge in [0.05, 0.1) is 0 Å². The molecule has 3 heteroatoms. The second-order valence-corrected chi connectivity index (χ2v) is 0.781. The van der Waals surface area contributed by atoms with Crippen LogP contribution in [0.4, 0.5) is 0 Å². The van der Waals surface area contributed by atoms with E-state index in [1.807, 2.05) is 13.8 Å². The molecule has 0 heterocycles. The smallest absolute Gasteiger partial charge is 1.00 e. The second kappa shape index (κ2) is 15.7. The molecule has 0 amide bonds. The van der Waals surface area contributed by atoms with Gasteiger partial charge in [0.15, 0.2) is 0 Å². The molecule has 0 N–H and O–H groups in total. The summed E-state index contributed by atoms with van der Waals surface area (Å²) in [5.41, 5.74) is 0. The third-order valence-electron chi connectivity index (χ3n) is 0.408. The van der Waals surface area contributed by atoms with Crippen LogP contribution in [0.5, 0.6) is 0 Å². The molecule has 0 radical (unpaired) electrons. The average molecular weight is 112 g/mol. The second-order valence-electron chi connectivity index (χ2n) is 0.781. The minimum absolute atomic E-state index is 0. The molecule has 0 aromatic carbocycles. The van der Waals surface area contributed by atoms with Crippen LogP contribution in [0.1, 0.15) is 19.6 Å². The van der Waals surface area contributed by atoms with Gasteiger partial charge in [-0.3, -0.25) is 0 Å². The summed E-state index contributed by atoms with van der Waals surface area (Å²) in [5.74, 6) is 0. The maximum Gasteiger partial charge on any atom is 3.00 e. The summed E-state index contributed by atoms with van der Waals surface area (Å²) >= 11 is 0. The number of rotatable bonds is 2. The first-order valence-electron chi connectivity index (χ1n) is 1.99. The van der Waals surface area contributed by atoms with E-state index in [-0.39, 0.29) is 41.9 Å². The molecule has 0 saturated heterocycles. The van der Waals surface area contributed by atoms with Crippen LogP contribution in [0.25, 0.3) is 0 Å². The first-order chi connectivity index (χ1) is 2.41. The van der Waals surface area contributed by atoms with Crippen molar-refractivity contribution in [3.8, 4) is 0 Å². The van der Waals surface area contributed by atoms with E-state index in [0.717, 1.165) is 13.2 Å². The van der Waals surface area contributed by atoms with Gasteiger partial charge in [0, 0.05) is 13.2 Å². The van der Waals surface area contributed by atoms with E-state index < -0.39 is 0 Å². The Balaban J connectivity index is -0.00000000533. The van der Waals surface area contributed by atoms with Crippen LogP contribution in [0.2, 0.25) is 0 Å². The third-order valence-corrected chi connectivity index (χ3v) is 0.408. The molecular formula is C4H14AlLiO. The van der Waals surface area contributed by atoms with E-state index >= 15 is 0 Å². The van der Waals surface area contributed by atoms with Crippen molar-refractivity contribution < 1.29 is 29.3 Å². The van der Waals surface area contributed by atoms with Crippen LogP contribution in [-0.4, -0.2) is 30.6 Å². The minimum atomic E-state index is 0. The van der Waals surface area contributed by atoms with Crippen LogP contribution < -0.4 is 18.9 Å². The Kier molecular flexibility index (Phi) is 35.2. The summed E-state index contributed by atoms with van der Waals surface area (Å²) in [7, 11) is 0. The zero-order valence-corrected chi connectivity index (χ0v) is 6.55. The maximum absolute atomic E-state index is 4.83. The van der Waals surface area contributed by atoms with Crippen molar-refractivity contribution in [3.05, 3.63) is 0 Å². The zero-order chi connectivity index (χ0) is 4.12. The molecule has 0 saturated carbocycles. The van der Waals surface area contributed by atoms with Crippen LogP contribution in [0.3, 0.4) is 0 Å². The fourth-order valence-electron chi connectivity index (χ4n) is 0.204. The van der Waals surface area contributed by atoms with Gasteiger partial charge in [0.2, 0.25) is 0 Å². The van der Waals surface area contributed by atoms with Crippen molar-refractivity contribution >= 4 is 17.4 Å². The zero-order valence-electron chi connectivity index (χ0n) is 9.40. The normalized spacial score (nSPS) is 6.00. The Hall–Kier alpha value is 1.09. The van der Waals surface area contributed by atoms with Gasteiger partial charge in [0.1, 0.15) is 0 Å². The molecule has 0 fully saturated rings. The van der Waals surface area contributed by atoms with Crippen molar-refractivity contribution in [3.63, 3.8) is 0 Å². The first-order valence-corrected chi connectivity index (χ1v) is 1.99. The number of hydrogen-bond acceptors (Lipinski definition) is 1. The molecule has 0 rings (SSSR count). The summed E-state index contributed by atoms with van der Waals surface area (Å²) in [6.07, 6.45) is 0. The fraction of sp³-hybridized carbons (Fsp3) is 1.00. The van der Waals surface area contributed by atoms with Crippen LogP contribution in [0, 0.1) is 0 Å². The molecule has 0 atom stereocenters. The van der Waals surface area contributed by atoms with Gasteiger partial charge in [-0.1, -0.05) is 0 Å². The monoisotopic (exact) mass is 112 g/mol. The maximum atomic E-state index is 4.83. The van der Waals surface area contributed by atoms with Crippen molar-refractivity contribution in [2.24, 2.45) is 0 Å². The molecular weight excluding hydrogens is 98.0 g/mol. The molecule has 0 bridgehead atoms. The van der Waals surface area contributed by atoms with E-state index in [4.69, 9.17) is 4.74 Å². The molecule has 0 aliphatic heterocycles. The Labute approximate surface area is 74.1 Å². The minimum Gasteiger partial charge on any atom is -1.00 e. The molecule has 0 aliphatic rings. The van der Waals surface area contributed by atoms with Gasteiger partial charge in [-0.25, -0.2) is 0 Å². The van der Waals surface area contributed by atoms with E-state index in [9.17, 15) is 0 Å². The largest absolute Gasteiger partial charge is 3.00 e. The van der Waals surface area contributed by atoms with Crippen molar-refractivity contribution in [2.45, 2.75) is 13.8 Å². The van der Waals surface area contributed by atoms with Gasteiger partial charge in [-0.2, -0.15) is 0 Å². The van der Waals surface area contributed by atoms with Gasteiger partial charge < -0.3 is 10.4 Å². The molecule has 7 heavy (non-hydrogen) atoms.